The number of hydrogen-bond donors (Lipinski definition) is 3. The number of carbonyl (C=O) groups is 2. The summed E-state index contributed by atoms with van der Waals surface area (Å²) < 4.78 is 50.1. The molecule has 2 saturated heterocycles. The quantitative estimate of drug-likeness (QED) is 0.203. The summed E-state index contributed by atoms with van der Waals surface area (Å²) in [5, 5.41) is 16.3. The molecule has 1 atom stereocenters. The molecule has 3 N–H and O–H groups in total. The van der Waals surface area contributed by atoms with Gasteiger partial charge in [0.25, 0.3) is 11.5 Å². The van der Waals surface area contributed by atoms with E-state index in [9.17, 15) is 32.7 Å². The number of thiophene rings is 1. The Bertz CT molecular complexity index is 2270. The van der Waals surface area contributed by atoms with Crippen LogP contribution in [0.25, 0.3) is 11.3 Å². The van der Waals surface area contributed by atoms with E-state index in [-0.39, 0.29) is 47.9 Å². The Balaban J connectivity index is 1.11. The van der Waals surface area contributed by atoms with Gasteiger partial charge < -0.3 is 29.9 Å². The van der Waals surface area contributed by atoms with Crippen LogP contribution in [0.1, 0.15) is 44.1 Å². The van der Waals surface area contributed by atoms with Crippen LogP contribution in [0.15, 0.2) is 54.1 Å². The molecule has 3 aromatic heterocycles. The molecule has 0 unspecified atom stereocenters. The molecule has 13 nitrogen and oxygen atoms in total. The van der Waals surface area contributed by atoms with E-state index in [4.69, 9.17) is 4.74 Å². The number of nitrogens with zero attached hydrogens (tertiary/aromatic N) is 6. The first-order valence-electron chi connectivity index (χ1n) is 18.6. The molecule has 8 rings (SSSR count). The molecule has 4 aromatic rings. The van der Waals surface area contributed by atoms with E-state index in [2.05, 4.69) is 27.2 Å². The average Bonchev–Trinajstić information content (AvgIpc) is 3.55. The van der Waals surface area contributed by atoms with Gasteiger partial charge in [-0.2, -0.15) is 13.2 Å². The molecule has 3 aliphatic heterocycles. The molecule has 2 fully saturated rings. The third-order valence-corrected chi connectivity index (χ3v) is 12.4. The van der Waals surface area contributed by atoms with Crippen molar-refractivity contribution in [3.05, 3.63) is 86.1 Å². The number of pyridine rings is 1. The number of aromatic nitrogens is 3. The average molecular weight is 791 g/mol. The Kier molecular flexibility index (Phi) is 10.2. The summed E-state index contributed by atoms with van der Waals surface area (Å²) in [6, 6.07) is 4.19. The van der Waals surface area contributed by atoms with E-state index in [0.717, 1.165) is 42.2 Å². The Hall–Kier alpha value is -5.10. The van der Waals surface area contributed by atoms with Gasteiger partial charge in [-0.05, 0) is 73.6 Å². The van der Waals surface area contributed by atoms with Crippen LogP contribution in [-0.4, -0.2) is 94.0 Å². The van der Waals surface area contributed by atoms with E-state index in [1.165, 1.54) is 50.5 Å². The maximum absolute atomic E-state index is 14.5. The van der Waals surface area contributed by atoms with Crippen LogP contribution in [0.4, 0.5) is 41.9 Å². The fourth-order valence-electron chi connectivity index (χ4n) is 8.07. The first-order chi connectivity index (χ1) is 26.9. The second kappa shape index (κ2) is 15.1. The highest BCUT2D eigenvalue weighted by Crippen LogP contribution is 2.41. The summed E-state index contributed by atoms with van der Waals surface area (Å²) in [6.07, 6.45) is 4.39. The number of alkyl halides is 3. The third kappa shape index (κ3) is 6.97. The maximum Gasteiger partial charge on any atom is 0.409 e. The Morgan fingerprint density at radius 1 is 1.11 bits per heavy atom. The molecule has 0 radical (unpaired) electrons. The Labute approximate surface area is 324 Å². The topological polar surface area (TPSA) is 145 Å². The van der Waals surface area contributed by atoms with E-state index in [1.54, 1.807) is 34.3 Å². The number of anilines is 5. The number of piperazine rings is 1. The fraction of sp³-hybridized carbons (Fsp3) is 0.410. The number of halogens is 3. The minimum Gasteiger partial charge on any atom is -0.392 e. The van der Waals surface area contributed by atoms with Crippen molar-refractivity contribution in [1.29, 1.82) is 0 Å². The van der Waals surface area contributed by atoms with Crippen molar-refractivity contribution >= 4 is 51.8 Å². The minimum absolute atomic E-state index is 0.0508. The van der Waals surface area contributed by atoms with E-state index in [1.807, 2.05) is 0 Å². The molecule has 0 bridgehead atoms. The van der Waals surface area contributed by atoms with Crippen molar-refractivity contribution < 1.29 is 32.6 Å². The highest BCUT2D eigenvalue weighted by molar-refractivity contribution is 7.14. The predicted octanol–water partition coefficient (Wildman–Crippen LogP) is 4.80. The van der Waals surface area contributed by atoms with Crippen LogP contribution in [0.3, 0.4) is 0 Å². The van der Waals surface area contributed by atoms with Crippen molar-refractivity contribution in [2.24, 2.45) is 7.05 Å². The summed E-state index contributed by atoms with van der Waals surface area (Å²) >= 11 is 1.56. The van der Waals surface area contributed by atoms with Gasteiger partial charge in [0, 0.05) is 67.3 Å². The summed E-state index contributed by atoms with van der Waals surface area (Å²) in [5.74, 6) is -0.580. The first-order valence-corrected chi connectivity index (χ1v) is 19.4. The van der Waals surface area contributed by atoms with Crippen LogP contribution < -0.4 is 26.0 Å². The lowest BCUT2D eigenvalue weighted by Crippen LogP contribution is -2.64. The number of aryl methyl sites for hydroxylation is 2. The number of aliphatic hydroxyl groups excluding tert-OH is 1. The van der Waals surface area contributed by atoms with Crippen LogP contribution in [-0.2, 0) is 42.4 Å². The van der Waals surface area contributed by atoms with Crippen molar-refractivity contribution in [2.45, 2.75) is 57.0 Å². The molecular formula is C39H41F3N8O5S. The molecule has 1 aromatic carbocycles. The number of nitrogens with one attached hydrogen (secondary N) is 2. The summed E-state index contributed by atoms with van der Waals surface area (Å²) in [6.45, 7) is 4.38. The molecule has 1 aliphatic carbocycles. The molecule has 17 heteroatoms. The number of fused-ring (bicyclic) bond motifs is 3. The lowest BCUT2D eigenvalue weighted by molar-refractivity contribution is -0.165. The number of carbonyl (C=O) groups excluding carboxylic acids is 2. The van der Waals surface area contributed by atoms with Crippen LogP contribution in [0, 0.1) is 0 Å². The van der Waals surface area contributed by atoms with E-state index < -0.39 is 30.3 Å². The van der Waals surface area contributed by atoms with Gasteiger partial charge in [-0.3, -0.25) is 24.2 Å². The van der Waals surface area contributed by atoms with Crippen LogP contribution in [0.2, 0.25) is 0 Å². The number of ether oxygens (including phenoxy) is 1. The lowest BCUT2D eigenvalue weighted by atomic mass is 9.92. The van der Waals surface area contributed by atoms with E-state index >= 15 is 0 Å². The first kappa shape index (κ1) is 37.8. The van der Waals surface area contributed by atoms with Crippen LogP contribution in [0.5, 0.6) is 0 Å². The Morgan fingerprint density at radius 3 is 2.64 bits per heavy atom. The van der Waals surface area contributed by atoms with Crippen molar-refractivity contribution in [3.63, 3.8) is 0 Å². The smallest absolute Gasteiger partial charge is 0.392 e. The zero-order valence-electron chi connectivity index (χ0n) is 30.7. The molecule has 0 spiro atoms. The summed E-state index contributed by atoms with van der Waals surface area (Å²) in [7, 11) is 1.54. The van der Waals surface area contributed by atoms with Gasteiger partial charge in [0.2, 0.25) is 5.91 Å². The van der Waals surface area contributed by atoms with Gasteiger partial charge in [0.15, 0.2) is 5.82 Å². The lowest BCUT2D eigenvalue weighted by Gasteiger charge is -2.48. The largest absolute Gasteiger partial charge is 0.409 e. The molecule has 2 amide bonds. The van der Waals surface area contributed by atoms with Gasteiger partial charge >= 0.3 is 6.18 Å². The van der Waals surface area contributed by atoms with Crippen molar-refractivity contribution in [1.82, 2.24) is 19.4 Å². The molecule has 6 heterocycles. The van der Waals surface area contributed by atoms with Gasteiger partial charge in [-0.1, -0.05) is 6.58 Å². The van der Waals surface area contributed by atoms with Gasteiger partial charge in [-0.15, -0.1) is 11.3 Å². The van der Waals surface area contributed by atoms with Crippen molar-refractivity contribution in [3.8, 4) is 11.3 Å². The number of rotatable bonds is 9. The zero-order valence-corrected chi connectivity index (χ0v) is 31.5. The van der Waals surface area contributed by atoms with Crippen LogP contribution >= 0.6 is 11.3 Å². The third-order valence-electron chi connectivity index (χ3n) is 11.0. The monoisotopic (exact) mass is 790 g/mol. The number of benzene rings is 1. The van der Waals surface area contributed by atoms with E-state index in [0.29, 0.717) is 55.4 Å². The minimum atomic E-state index is -4.57. The molecule has 0 saturated carbocycles. The van der Waals surface area contributed by atoms with Crippen molar-refractivity contribution in [2.75, 3.05) is 59.8 Å². The zero-order chi connectivity index (χ0) is 39.3. The maximum atomic E-state index is 14.5. The fourth-order valence-corrected chi connectivity index (χ4v) is 9.46. The highest BCUT2D eigenvalue weighted by Gasteiger charge is 2.48. The second-order valence-electron chi connectivity index (χ2n) is 14.4. The standard InChI is InChI=1S/C39H41F3N8O5S/c1-3-33(52)45-28-16-22(8-9-30(28)49-15-14-48(23-20-55-21-23)18-32(49)39(40,41)42)44-35-38(54)47(2)17-29(46-35)24-10-12-43-36(27(24)19-51)50-13-11-26-25-6-4-5-7-31(25)56-34(26)37(50)53/h3,8-10,12,16-17,23,32,51H,1,4-7,11,13-15,18-21H2,2H3,(H,44,46)(H,45,52)/t32-/m0/s1. The summed E-state index contributed by atoms with van der Waals surface area (Å²) in [5.41, 5.74) is 3.58. The predicted molar refractivity (Wildman–Crippen MR) is 207 cm³/mol. The number of hydrogen-bond acceptors (Lipinski definition) is 11. The molecule has 4 aliphatic rings. The van der Waals surface area contributed by atoms with Gasteiger partial charge in [-0.25, -0.2) is 9.97 Å². The second-order valence-corrected chi connectivity index (χ2v) is 15.5. The highest BCUT2D eigenvalue weighted by atomic mass is 32.1. The molecular weight excluding hydrogens is 750 g/mol. The van der Waals surface area contributed by atoms with Gasteiger partial charge in [0.05, 0.1) is 47.8 Å². The molecule has 56 heavy (non-hydrogen) atoms. The number of aliphatic hydroxyl groups is 1. The molecule has 294 valence electrons. The Morgan fingerprint density at radius 2 is 1.91 bits per heavy atom. The normalized spacial score (nSPS) is 18.9. The SMILES string of the molecule is C=CC(=O)Nc1cc(Nc2nc(-c3ccnc(N4CCc5c(sc6c5CCCC6)C4=O)c3CO)cn(C)c2=O)ccc1N1CCN(C2COC2)C[C@H]1C(F)(F)F. The number of amides is 2. The summed E-state index contributed by atoms with van der Waals surface area (Å²) in [4.78, 5) is 55.7. The van der Waals surface area contributed by atoms with Gasteiger partial charge in [0.1, 0.15) is 11.9 Å².